The maximum Gasteiger partial charge on any atom is 0.338 e. The summed E-state index contributed by atoms with van der Waals surface area (Å²) in [5.74, 6) is 1.54. The van der Waals surface area contributed by atoms with Gasteiger partial charge in [0.2, 0.25) is 0 Å². The molecule has 7 nitrogen and oxygen atoms in total. The molecule has 138 valence electrons. The summed E-state index contributed by atoms with van der Waals surface area (Å²) in [5.41, 5.74) is 1.10. The maximum absolute atomic E-state index is 12.4. The molecule has 0 spiro atoms. The number of rotatable bonds is 5. The molecule has 2 aromatic carbocycles. The van der Waals surface area contributed by atoms with E-state index in [1.165, 1.54) is 25.3 Å². The minimum atomic E-state index is -0.521. The monoisotopic (exact) mass is 360 g/mol. The van der Waals surface area contributed by atoms with Gasteiger partial charge in [0.25, 0.3) is 0 Å². The van der Waals surface area contributed by atoms with Gasteiger partial charge < -0.3 is 28.8 Å². The van der Waals surface area contributed by atoms with Crippen LogP contribution >= 0.6 is 0 Å². The van der Waals surface area contributed by atoms with Gasteiger partial charge in [-0.15, -0.1) is 0 Å². The number of carbonyl (C=O) groups is 1. The van der Waals surface area contributed by atoms with Crippen molar-refractivity contribution in [3.05, 3.63) is 41.5 Å². The smallest absolute Gasteiger partial charge is 0.338 e. The van der Waals surface area contributed by atoms with Crippen molar-refractivity contribution in [1.82, 2.24) is 0 Å². The van der Waals surface area contributed by atoms with Crippen molar-refractivity contribution in [3.63, 3.8) is 0 Å². The van der Waals surface area contributed by atoms with Crippen molar-refractivity contribution in [2.75, 3.05) is 27.9 Å². The lowest BCUT2D eigenvalue weighted by Gasteiger charge is -2.27. The molecule has 0 aromatic heterocycles. The van der Waals surface area contributed by atoms with Crippen molar-refractivity contribution in [2.24, 2.45) is 0 Å². The second kappa shape index (κ2) is 7.43. The molecule has 0 saturated carbocycles. The molecule has 1 aliphatic heterocycles. The summed E-state index contributed by atoms with van der Waals surface area (Å²) < 4.78 is 26.9. The van der Waals surface area contributed by atoms with E-state index in [0.29, 0.717) is 23.7 Å². The second-order valence-electron chi connectivity index (χ2n) is 5.74. The van der Waals surface area contributed by atoms with Gasteiger partial charge >= 0.3 is 5.97 Å². The van der Waals surface area contributed by atoms with Gasteiger partial charge in [-0.2, -0.15) is 0 Å². The van der Waals surface area contributed by atoms with Crippen molar-refractivity contribution < 1.29 is 33.6 Å². The number of esters is 1. The summed E-state index contributed by atoms with van der Waals surface area (Å²) in [4.78, 5) is 12.4. The number of fused-ring (bicyclic) bond motifs is 1. The predicted molar refractivity (Wildman–Crippen MR) is 92.6 cm³/mol. The Balaban J connectivity index is 1.76. The first kappa shape index (κ1) is 17.7. The topological polar surface area (TPSA) is 83.5 Å². The minimum Gasteiger partial charge on any atom is -0.504 e. The number of benzene rings is 2. The van der Waals surface area contributed by atoms with Crippen molar-refractivity contribution in [3.8, 4) is 28.7 Å². The summed E-state index contributed by atoms with van der Waals surface area (Å²) in [6, 6.07) is 7.83. The molecule has 0 amide bonds. The quantitative estimate of drug-likeness (QED) is 0.821. The Morgan fingerprint density at radius 1 is 1.08 bits per heavy atom. The van der Waals surface area contributed by atoms with Gasteiger partial charge in [-0.05, 0) is 18.2 Å². The third kappa shape index (κ3) is 3.46. The lowest BCUT2D eigenvalue weighted by Crippen LogP contribution is -2.31. The normalized spacial score (nSPS) is 15.4. The van der Waals surface area contributed by atoms with Gasteiger partial charge in [0, 0.05) is 24.1 Å². The van der Waals surface area contributed by atoms with Crippen molar-refractivity contribution in [1.29, 1.82) is 0 Å². The predicted octanol–water partition coefficient (Wildman–Crippen LogP) is 2.58. The van der Waals surface area contributed by atoms with Gasteiger partial charge in [0.1, 0.15) is 30.0 Å². The van der Waals surface area contributed by atoms with E-state index in [-0.39, 0.29) is 23.7 Å². The van der Waals surface area contributed by atoms with Crippen LogP contribution in [0, 0.1) is 0 Å². The lowest BCUT2D eigenvalue weighted by molar-refractivity contribution is 0.0128. The Morgan fingerprint density at radius 3 is 2.54 bits per heavy atom. The largest absolute Gasteiger partial charge is 0.504 e. The first-order valence-corrected chi connectivity index (χ1v) is 8.01. The first-order chi connectivity index (χ1) is 12.5. The number of carbonyl (C=O) groups excluding carboxylic acids is 1. The van der Waals surface area contributed by atoms with Gasteiger partial charge in [0.15, 0.2) is 11.5 Å². The molecule has 3 rings (SSSR count). The number of aromatic hydroxyl groups is 1. The molecular formula is C19H20O7. The van der Waals surface area contributed by atoms with E-state index in [1.54, 1.807) is 26.4 Å². The van der Waals surface area contributed by atoms with Crippen molar-refractivity contribution in [2.45, 2.75) is 12.5 Å². The number of hydrogen-bond donors (Lipinski definition) is 1. The van der Waals surface area contributed by atoms with E-state index in [4.69, 9.17) is 23.7 Å². The Labute approximate surface area is 151 Å². The summed E-state index contributed by atoms with van der Waals surface area (Å²) in [5, 5.41) is 9.63. The molecule has 0 fully saturated rings. The molecule has 2 aromatic rings. The second-order valence-corrected chi connectivity index (χ2v) is 5.74. The maximum atomic E-state index is 12.4. The minimum absolute atomic E-state index is 0.0438. The average molecular weight is 360 g/mol. The summed E-state index contributed by atoms with van der Waals surface area (Å²) in [6.45, 7) is 0.226. The average Bonchev–Trinajstić information content (AvgIpc) is 2.67. The van der Waals surface area contributed by atoms with Crippen LogP contribution in [0.1, 0.15) is 15.9 Å². The standard InChI is InChI=1S/C19H20O7/c1-22-12-8-16(23-2)14-7-13(10-25-17(14)9-12)26-19(21)11-4-5-15(20)18(6-11)24-3/h4-6,8-9,13,20H,7,10H2,1-3H3. The Bertz CT molecular complexity index is 799. The number of phenols is 1. The number of hydrogen-bond acceptors (Lipinski definition) is 7. The zero-order valence-corrected chi connectivity index (χ0v) is 14.8. The molecule has 0 radical (unpaired) electrons. The zero-order chi connectivity index (χ0) is 18.7. The van der Waals surface area contributed by atoms with Crippen LogP contribution < -0.4 is 18.9 Å². The Morgan fingerprint density at radius 2 is 1.85 bits per heavy atom. The third-order valence-corrected chi connectivity index (χ3v) is 4.14. The summed E-state index contributed by atoms with van der Waals surface area (Å²) in [6.07, 6.45) is 0.000740. The van der Waals surface area contributed by atoms with Crippen LogP contribution in [-0.2, 0) is 11.2 Å². The number of methoxy groups -OCH3 is 3. The molecule has 7 heteroatoms. The first-order valence-electron chi connectivity index (χ1n) is 8.01. The van der Waals surface area contributed by atoms with E-state index in [0.717, 1.165) is 5.56 Å². The highest BCUT2D eigenvalue weighted by atomic mass is 16.6. The molecule has 1 heterocycles. The highest BCUT2D eigenvalue weighted by Gasteiger charge is 2.27. The highest BCUT2D eigenvalue weighted by Crippen LogP contribution is 2.38. The SMILES string of the molecule is COc1cc(OC)c2c(c1)OCC(OC(=O)c1ccc(O)c(OC)c1)C2. The fourth-order valence-corrected chi connectivity index (χ4v) is 2.79. The van der Waals surface area contributed by atoms with Crippen LogP contribution in [0.2, 0.25) is 0 Å². The van der Waals surface area contributed by atoms with Gasteiger partial charge in [-0.25, -0.2) is 4.79 Å². The Hall–Kier alpha value is -3.09. The third-order valence-electron chi connectivity index (χ3n) is 4.14. The van der Waals surface area contributed by atoms with Crippen LogP contribution in [0.15, 0.2) is 30.3 Å². The van der Waals surface area contributed by atoms with Gasteiger partial charge in [-0.1, -0.05) is 0 Å². The number of ether oxygens (including phenoxy) is 5. The zero-order valence-electron chi connectivity index (χ0n) is 14.8. The fourth-order valence-electron chi connectivity index (χ4n) is 2.79. The summed E-state index contributed by atoms with van der Waals surface area (Å²) >= 11 is 0. The fraction of sp³-hybridized carbons (Fsp3) is 0.316. The van der Waals surface area contributed by atoms with E-state index in [9.17, 15) is 9.90 Å². The highest BCUT2D eigenvalue weighted by molar-refractivity contribution is 5.90. The van der Waals surface area contributed by atoms with E-state index in [2.05, 4.69) is 0 Å². The van der Waals surface area contributed by atoms with Crippen LogP contribution in [0.4, 0.5) is 0 Å². The van der Waals surface area contributed by atoms with Gasteiger partial charge in [-0.3, -0.25) is 0 Å². The Kier molecular flexibility index (Phi) is 5.06. The molecule has 0 saturated heterocycles. The van der Waals surface area contributed by atoms with E-state index in [1.807, 2.05) is 0 Å². The van der Waals surface area contributed by atoms with Crippen LogP contribution in [-0.4, -0.2) is 45.1 Å². The van der Waals surface area contributed by atoms with E-state index >= 15 is 0 Å². The molecule has 1 atom stereocenters. The van der Waals surface area contributed by atoms with Crippen LogP contribution in [0.3, 0.4) is 0 Å². The molecule has 1 N–H and O–H groups in total. The molecule has 1 aliphatic rings. The van der Waals surface area contributed by atoms with Crippen molar-refractivity contribution >= 4 is 5.97 Å². The summed E-state index contributed by atoms with van der Waals surface area (Å²) in [7, 11) is 4.55. The molecule has 26 heavy (non-hydrogen) atoms. The molecule has 0 bridgehead atoms. The molecule has 0 aliphatic carbocycles. The lowest BCUT2D eigenvalue weighted by atomic mass is 10.0. The van der Waals surface area contributed by atoms with Crippen LogP contribution in [0.25, 0.3) is 0 Å². The van der Waals surface area contributed by atoms with E-state index < -0.39 is 12.1 Å². The van der Waals surface area contributed by atoms with Gasteiger partial charge in [0.05, 0.1) is 26.9 Å². The number of phenolic OH excluding ortho intramolecular Hbond substituents is 1. The molecule has 1 unspecified atom stereocenters. The molecular weight excluding hydrogens is 340 g/mol. The van der Waals surface area contributed by atoms with Crippen LogP contribution in [0.5, 0.6) is 28.7 Å².